The lowest BCUT2D eigenvalue weighted by Crippen LogP contribution is -2.51. The molecule has 1 aromatic rings. The predicted octanol–water partition coefficient (Wildman–Crippen LogP) is 1.80. The van der Waals surface area contributed by atoms with Crippen molar-refractivity contribution in [3.63, 3.8) is 0 Å². The van der Waals surface area contributed by atoms with Gasteiger partial charge >= 0.3 is 0 Å². The van der Waals surface area contributed by atoms with Crippen LogP contribution in [-0.2, 0) is 24.3 Å². The molecule has 0 spiro atoms. The minimum Gasteiger partial charge on any atom is -0.497 e. The van der Waals surface area contributed by atoms with Crippen molar-refractivity contribution in [2.45, 2.75) is 56.5 Å². The summed E-state index contributed by atoms with van der Waals surface area (Å²) >= 11 is 0. The molecule has 0 aliphatic carbocycles. The molecule has 1 aromatic carbocycles. The molecule has 0 unspecified atom stereocenters. The van der Waals surface area contributed by atoms with E-state index in [2.05, 4.69) is 4.90 Å². The Bertz CT molecular complexity index is 964. The summed E-state index contributed by atoms with van der Waals surface area (Å²) in [6.07, 6.45) is 4.58. The predicted molar refractivity (Wildman–Crippen MR) is 132 cm³/mol. The Labute approximate surface area is 209 Å². The van der Waals surface area contributed by atoms with Gasteiger partial charge in [-0.2, -0.15) is 4.31 Å². The molecule has 0 bridgehead atoms. The molecule has 0 saturated carbocycles. The Kier molecular flexibility index (Phi) is 8.70. The summed E-state index contributed by atoms with van der Waals surface area (Å²) in [7, 11) is -2.20. The van der Waals surface area contributed by atoms with E-state index in [0.29, 0.717) is 34.4 Å². The molecule has 35 heavy (non-hydrogen) atoms. The number of piperidine rings is 1. The Morgan fingerprint density at radius 3 is 2.34 bits per heavy atom. The molecule has 0 radical (unpaired) electrons. The molecule has 3 saturated heterocycles. The maximum atomic E-state index is 13.6. The van der Waals surface area contributed by atoms with E-state index in [-0.39, 0.29) is 32.3 Å². The SMILES string of the molecule is COc1cc(C)c(S(=O)(=O)N2CCOC[C@H]2COCC(=O)N2CCC(N3CCCC3)CC2)c(C)c1. The van der Waals surface area contributed by atoms with Gasteiger partial charge in [0.1, 0.15) is 12.4 Å². The second-order valence-corrected chi connectivity index (χ2v) is 11.6. The third kappa shape index (κ3) is 5.99. The molecule has 0 N–H and O–H groups in total. The summed E-state index contributed by atoms with van der Waals surface area (Å²) in [5.74, 6) is 0.599. The first kappa shape index (κ1) is 26.3. The van der Waals surface area contributed by atoms with Gasteiger partial charge in [0.25, 0.3) is 0 Å². The summed E-state index contributed by atoms with van der Waals surface area (Å²) in [5.41, 5.74) is 1.28. The van der Waals surface area contributed by atoms with Crippen molar-refractivity contribution in [1.29, 1.82) is 0 Å². The van der Waals surface area contributed by atoms with E-state index in [1.54, 1.807) is 33.1 Å². The summed E-state index contributed by atoms with van der Waals surface area (Å²) in [4.78, 5) is 17.5. The third-order valence-corrected chi connectivity index (χ3v) is 9.68. The van der Waals surface area contributed by atoms with Gasteiger partial charge in [-0.3, -0.25) is 4.79 Å². The molecule has 1 atom stereocenters. The number of likely N-dealkylation sites (tertiary alicyclic amines) is 2. The van der Waals surface area contributed by atoms with Crippen molar-refractivity contribution in [3.8, 4) is 5.75 Å². The second-order valence-electron chi connectivity index (χ2n) is 9.80. The minimum atomic E-state index is -3.77. The van der Waals surface area contributed by atoms with Crippen LogP contribution in [0.3, 0.4) is 0 Å². The quantitative estimate of drug-likeness (QED) is 0.528. The highest BCUT2D eigenvalue weighted by molar-refractivity contribution is 7.89. The van der Waals surface area contributed by atoms with Crippen molar-refractivity contribution in [3.05, 3.63) is 23.3 Å². The number of ether oxygens (including phenoxy) is 3. The molecule has 3 heterocycles. The van der Waals surface area contributed by atoms with E-state index in [0.717, 1.165) is 25.9 Å². The fourth-order valence-corrected chi connectivity index (χ4v) is 7.60. The molecular weight excluding hydrogens is 470 g/mol. The van der Waals surface area contributed by atoms with Crippen LogP contribution in [0.2, 0.25) is 0 Å². The van der Waals surface area contributed by atoms with E-state index >= 15 is 0 Å². The molecule has 196 valence electrons. The zero-order chi connectivity index (χ0) is 25.0. The molecule has 0 aromatic heterocycles. The Morgan fingerprint density at radius 2 is 1.71 bits per heavy atom. The summed E-state index contributed by atoms with van der Waals surface area (Å²) < 4.78 is 45.3. The van der Waals surface area contributed by atoms with Gasteiger partial charge in [-0.25, -0.2) is 8.42 Å². The topological polar surface area (TPSA) is 88.6 Å². The number of benzene rings is 1. The standard InChI is InChI=1S/C25H39N3O6S/c1-19-14-23(32-3)15-20(2)25(19)35(30,31)28-12-13-33-16-22(28)17-34-18-24(29)27-10-6-21(7-11-27)26-8-4-5-9-26/h14-15,21-22H,4-13,16-18H2,1-3H3/t22-/m0/s1. The average Bonchev–Trinajstić information content (AvgIpc) is 3.39. The highest BCUT2D eigenvalue weighted by Gasteiger charge is 2.36. The first-order valence-corrected chi connectivity index (χ1v) is 14.1. The first-order chi connectivity index (χ1) is 16.8. The summed E-state index contributed by atoms with van der Waals surface area (Å²) in [6, 6.07) is 3.57. The Hall–Kier alpha value is -1.72. The van der Waals surface area contributed by atoms with E-state index in [1.807, 2.05) is 4.90 Å². The number of methoxy groups -OCH3 is 1. The van der Waals surface area contributed by atoms with Gasteiger partial charge in [-0.05, 0) is 75.9 Å². The van der Waals surface area contributed by atoms with Crippen molar-refractivity contribution in [1.82, 2.24) is 14.1 Å². The van der Waals surface area contributed by atoms with Gasteiger partial charge in [0, 0.05) is 25.7 Å². The van der Waals surface area contributed by atoms with Crippen LogP contribution in [0.1, 0.15) is 36.8 Å². The number of sulfonamides is 1. The number of hydrogen-bond acceptors (Lipinski definition) is 7. The molecule has 3 fully saturated rings. The van der Waals surface area contributed by atoms with Crippen LogP contribution in [0, 0.1) is 13.8 Å². The molecule has 1 amide bonds. The van der Waals surface area contributed by atoms with Gasteiger partial charge in [-0.15, -0.1) is 0 Å². The largest absolute Gasteiger partial charge is 0.497 e. The van der Waals surface area contributed by atoms with Crippen LogP contribution < -0.4 is 4.74 Å². The summed E-state index contributed by atoms with van der Waals surface area (Å²) in [5, 5.41) is 0. The van der Waals surface area contributed by atoms with Gasteiger partial charge in [0.05, 0.1) is 37.9 Å². The number of carbonyl (C=O) groups excluding carboxylic acids is 1. The van der Waals surface area contributed by atoms with E-state index < -0.39 is 16.1 Å². The first-order valence-electron chi connectivity index (χ1n) is 12.7. The van der Waals surface area contributed by atoms with Crippen LogP contribution in [0.15, 0.2) is 17.0 Å². The molecule has 4 rings (SSSR count). The van der Waals surface area contributed by atoms with Gasteiger partial charge in [0.15, 0.2) is 0 Å². The minimum absolute atomic E-state index is 0.0298. The van der Waals surface area contributed by atoms with E-state index in [4.69, 9.17) is 14.2 Å². The number of amides is 1. The van der Waals surface area contributed by atoms with Crippen molar-refractivity contribution in [2.75, 3.05) is 66.3 Å². The van der Waals surface area contributed by atoms with Crippen LogP contribution in [0.4, 0.5) is 0 Å². The number of rotatable bonds is 8. The lowest BCUT2D eigenvalue weighted by molar-refractivity contribution is -0.138. The maximum absolute atomic E-state index is 13.6. The maximum Gasteiger partial charge on any atom is 0.248 e. The second kappa shape index (κ2) is 11.6. The van der Waals surface area contributed by atoms with Crippen LogP contribution >= 0.6 is 0 Å². The Morgan fingerprint density at radius 1 is 1.06 bits per heavy atom. The van der Waals surface area contributed by atoms with Gasteiger partial charge in [-0.1, -0.05) is 0 Å². The fraction of sp³-hybridized carbons (Fsp3) is 0.720. The number of morpholine rings is 1. The Balaban J connectivity index is 1.33. The molecule has 10 heteroatoms. The van der Waals surface area contributed by atoms with Crippen LogP contribution in [-0.4, -0.2) is 107 Å². The lowest BCUT2D eigenvalue weighted by Gasteiger charge is -2.37. The lowest BCUT2D eigenvalue weighted by atomic mass is 10.0. The third-order valence-electron chi connectivity index (χ3n) is 7.42. The molecular formula is C25H39N3O6S. The zero-order valence-electron chi connectivity index (χ0n) is 21.2. The normalized spacial score (nSPS) is 23.1. The number of hydrogen-bond donors (Lipinski definition) is 0. The number of nitrogens with zero attached hydrogens (tertiary/aromatic N) is 3. The summed E-state index contributed by atoms with van der Waals surface area (Å²) in [6.45, 7) is 8.32. The highest BCUT2D eigenvalue weighted by Crippen LogP contribution is 2.30. The molecule has 3 aliphatic heterocycles. The fourth-order valence-electron chi connectivity index (χ4n) is 5.60. The number of carbonyl (C=O) groups is 1. The van der Waals surface area contributed by atoms with Crippen molar-refractivity contribution in [2.24, 2.45) is 0 Å². The highest BCUT2D eigenvalue weighted by atomic mass is 32.2. The zero-order valence-corrected chi connectivity index (χ0v) is 22.0. The van der Waals surface area contributed by atoms with Crippen molar-refractivity contribution < 1.29 is 27.4 Å². The van der Waals surface area contributed by atoms with Crippen LogP contribution in [0.25, 0.3) is 0 Å². The average molecular weight is 510 g/mol. The van der Waals surface area contributed by atoms with Gasteiger partial charge in [0.2, 0.25) is 15.9 Å². The smallest absolute Gasteiger partial charge is 0.248 e. The van der Waals surface area contributed by atoms with Crippen molar-refractivity contribution >= 4 is 15.9 Å². The van der Waals surface area contributed by atoms with Crippen LogP contribution in [0.5, 0.6) is 5.75 Å². The van der Waals surface area contributed by atoms with E-state index in [9.17, 15) is 13.2 Å². The number of aryl methyl sites for hydroxylation is 2. The van der Waals surface area contributed by atoms with E-state index in [1.165, 1.54) is 30.2 Å². The monoisotopic (exact) mass is 509 g/mol. The van der Waals surface area contributed by atoms with Gasteiger partial charge < -0.3 is 24.0 Å². The molecule has 9 nitrogen and oxygen atoms in total. The molecule has 3 aliphatic rings.